The molecule has 0 spiro atoms. The van der Waals surface area contributed by atoms with Gasteiger partial charge in [0.1, 0.15) is 5.75 Å². The van der Waals surface area contributed by atoms with Crippen molar-refractivity contribution in [2.75, 3.05) is 11.9 Å². The van der Waals surface area contributed by atoms with Crippen molar-refractivity contribution < 1.29 is 9.53 Å². The van der Waals surface area contributed by atoms with E-state index < -0.39 is 0 Å². The van der Waals surface area contributed by atoms with Crippen LogP contribution < -0.4 is 15.4 Å². The van der Waals surface area contributed by atoms with E-state index in [0.29, 0.717) is 6.10 Å². The van der Waals surface area contributed by atoms with Crippen LogP contribution in [0.4, 0.5) is 5.69 Å². The predicted octanol–water partition coefficient (Wildman–Crippen LogP) is 2.70. The Bertz CT molecular complexity index is 446. The summed E-state index contributed by atoms with van der Waals surface area (Å²) in [5, 5.41) is 6.15. The lowest BCUT2D eigenvalue weighted by atomic mass is 10.2. The van der Waals surface area contributed by atoms with Crippen molar-refractivity contribution in [1.82, 2.24) is 5.32 Å². The number of hydrogen-bond donors (Lipinski definition) is 2. The molecule has 1 saturated carbocycles. The molecule has 4 nitrogen and oxygen atoms in total. The zero-order valence-corrected chi connectivity index (χ0v) is 11.7. The van der Waals surface area contributed by atoms with E-state index in [4.69, 9.17) is 4.74 Å². The van der Waals surface area contributed by atoms with Crippen LogP contribution in [-0.4, -0.2) is 24.6 Å². The third-order valence-corrected chi connectivity index (χ3v) is 4.10. The fraction of sp³-hybridized carbons (Fsp3) is 0.562. The molecular weight excluding hydrogens is 252 g/mol. The molecule has 20 heavy (non-hydrogen) atoms. The fourth-order valence-corrected chi connectivity index (χ4v) is 2.95. The Morgan fingerprint density at radius 3 is 2.50 bits per heavy atom. The molecule has 0 radical (unpaired) electrons. The Kier molecular flexibility index (Phi) is 4.21. The van der Waals surface area contributed by atoms with Crippen LogP contribution in [0.5, 0.6) is 5.75 Å². The zero-order valence-electron chi connectivity index (χ0n) is 11.7. The molecule has 2 N–H and O–H groups in total. The number of rotatable bonds is 4. The molecule has 1 aromatic carbocycles. The Labute approximate surface area is 119 Å². The van der Waals surface area contributed by atoms with Crippen molar-refractivity contribution in [2.24, 2.45) is 0 Å². The minimum absolute atomic E-state index is 0.0376. The van der Waals surface area contributed by atoms with Gasteiger partial charge < -0.3 is 15.4 Å². The van der Waals surface area contributed by atoms with Gasteiger partial charge in [-0.25, -0.2) is 0 Å². The van der Waals surface area contributed by atoms with Crippen LogP contribution in [0.15, 0.2) is 24.3 Å². The SMILES string of the molecule is O=C(Nc1ccc(OC2CCCC2)cc1)[C@H]1CCCN1. The van der Waals surface area contributed by atoms with Gasteiger partial charge >= 0.3 is 0 Å². The van der Waals surface area contributed by atoms with Crippen LogP contribution >= 0.6 is 0 Å². The third kappa shape index (κ3) is 3.31. The molecule has 4 heteroatoms. The standard InChI is InChI=1S/C16H22N2O2/c19-16(15-6-3-11-17-15)18-12-7-9-14(10-8-12)20-13-4-1-2-5-13/h7-10,13,15,17H,1-6,11H2,(H,18,19)/t15-/m1/s1. The number of anilines is 1. The van der Waals surface area contributed by atoms with Crippen molar-refractivity contribution in [1.29, 1.82) is 0 Å². The summed E-state index contributed by atoms with van der Waals surface area (Å²) in [5.41, 5.74) is 0.836. The summed E-state index contributed by atoms with van der Waals surface area (Å²) < 4.78 is 5.91. The molecule has 1 aliphatic carbocycles. The number of carbonyl (C=O) groups excluding carboxylic acids is 1. The number of amides is 1. The van der Waals surface area contributed by atoms with Crippen LogP contribution in [0.3, 0.4) is 0 Å². The summed E-state index contributed by atoms with van der Waals surface area (Å²) in [6.45, 7) is 0.937. The second kappa shape index (κ2) is 6.27. The van der Waals surface area contributed by atoms with E-state index in [9.17, 15) is 4.79 Å². The number of nitrogens with one attached hydrogen (secondary N) is 2. The normalized spacial score (nSPS) is 22.9. The van der Waals surface area contributed by atoms with E-state index in [2.05, 4.69) is 10.6 Å². The molecule has 1 saturated heterocycles. The number of hydrogen-bond acceptors (Lipinski definition) is 3. The second-order valence-corrected chi connectivity index (χ2v) is 5.69. The van der Waals surface area contributed by atoms with Gasteiger partial charge in [0, 0.05) is 5.69 Å². The summed E-state index contributed by atoms with van der Waals surface area (Å²) in [5.74, 6) is 0.959. The summed E-state index contributed by atoms with van der Waals surface area (Å²) in [7, 11) is 0. The number of benzene rings is 1. The molecule has 0 unspecified atom stereocenters. The van der Waals surface area contributed by atoms with Crippen molar-refractivity contribution in [3.8, 4) is 5.75 Å². The quantitative estimate of drug-likeness (QED) is 0.887. The smallest absolute Gasteiger partial charge is 0.241 e. The monoisotopic (exact) mass is 274 g/mol. The van der Waals surface area contributed by atoms with Gasteiger partial charge in [-0.2, -0.15) is 0 Å². The maximum atomic E-state index is 12.0. The van der Waals surface area contributed by atoms with E-state index >= 15 is 0 Å². The molecule has 1 amide bonds. The van der Waals surface area contributed by atoms with E-state index in [-0.39, 0.29) is 11.9 Å². The lowest BCUT2D eigenvalue weighted by Crippen LogP contribution is -2.35. The first kappa shape index (κ1) is 13.4. The van der Waals surface area contributed by atoms with E-state index in [1.807, 2.05) is 24.3 Å². The van der Waals surface area contributed by atoms with Crippen LogP contribution in [0.25, 0.3) is 0 Å². The zero-order chi connectivity index (χ0) is 13.8. The van der Waals surface area contributed by atoms with Crippen LogP contribution in [0.1, 0.15) is 38.5 Å². The summed E-state index contributed by atoms with van der Waals surface area (Å²) in [6, 6.07) is 7.67. The number of ether oxygens (including phenoxy) is 1. The minimum Gasteiger partial charge on any atom is -0.490 e. The van der Waals surface area contributed by atoms with Crippen LogP contribution in [0, 0.1) is 0 Å². The molecule has 2 aliphatic rings. The molecule has 1 aromatic rings. The molecule has 1 atom stereocenters. The highest BCUT2D eigenvalue weighted by molar-refractivity contribution is 5.95. The van der Waals surface area contributed by atoms with Gasteiger partial charge in [0.25, 0.3) is 0 Å². The van der Waals surface area contributed by atoms with Crippen molar-refractivity contribution in [3.05, 3.63) is 24.3 Å². The first-order chi connectivity index (χ1) is 9.81. The number of carbonyl (C=O) groups is 1. The highest BCUT2D eigenvalue weighted by Gasteiger charge is 2.22. The molecular formula is C16H22N2O2. The lowest BCUT2D eigenvalue weighted by molar-refractivity contribution is -0.117. The largest absolute Gasteiger partial charge is 0.490 e. The van der Waals surface area contributed by atoms with Gasteiger partial charge in [0.15, 0.2) is 0 Å². The first-order valence-corrected chi connectivity index (χ1v) is 7.62. The van der Waals surface area contributed by atoms with Crippen LogP contribution in [-0.2, 0) is 4.79 Å². The maximum absolute atomic E-state index is 12.0. The predicted molar refractivity (Wildman–Crippen MR) is 79.0 cm³/mol. The molecule has 0 aromatic heterocycles. The van der Waals surface area contributed by atoms with E-state index in [1.165, 1.54) is 12.8 Å². The van der Waals surface area contributed by atoms with Gasteiger partial charge in [-0.05, 0) is 69.3 Å². The van der Waals surface area contributed by atoms with Crippen molar-refractivity contribution in [2.45, 2.75) is 50.7 Å². The Morgan fingerprint density at radius 1 is 1.10 bits per heavy atom. The fourth-order valence-electron chi connectivity index (χ4n) is 2.95. The van der Waals surface area contributed by atoms with Crippen molar-refractivity contribution >= 4 is 11.6 Å². The average molecular weight is 274 g/mol. The molecule has 2 fully saturated rings. The molecule has 1 aliphatic heterocycles. The summed E-state index contributed by atoms with van der Waals surface area (Å²) in [4.78, 5) is 12.0. The van der Waals surface area contributed by atoms with Gasteiger partial charge in [0.05, 0.1) is 12.1 Å². The van der Waals surface area contributed by atoms with Gasteiger partial charge in [-0.1, -0.05) is 0 Å². The molecule has 108 valence electrons. The lowest BCUT2D eigenvalue weighted by Gasteiger charge is -2.14. The molecule has 0 bridgehead atoms. The Balaban J connectivity index is 1.53. The molecule has 1 heterocycles. The highest BCUT2D eigenvalue weighted by Crippen LogP contribution is 2.25. The van der Waals surface area contributed by atoms with Gasteiger partial charge in [0.2, 0.25) is 5.91 Å². The minimum atomic E-state index is -0.0376. The van der Waals surface area contributed by atoms with Crippen molar-refractivity contribution in [3.63, 3.8) is 0 Å². The summed E-state index contributed by atoms with van der Waals surface area (Å²) in [6.07, 6.45) is 7.23. The topological polar surface area (TPSA) is 50.4 Å². The first-order valence-electron chi connectivity index (χ1n) is 7.62. The highest BCUT2D eigenvalue weighted by atomic mass is 16.5. The second-order valence-electron chi connectivity index (χ2n) is 5.69. The average Bonchev–Trinajstić information content (AvgIpc) is 3.13. The van der Waals surface area contributed by atoms with Gasteiger partial charge in [-0.15, -0.1) is 0 Å². The van der Waals surface area contributed by atoms with Crippen LogP contribution in [0.2, 0.25) is 0 Å². The van der Waals surface area contributed by atoms with E-state index in [1.54, 1.807) is 0 Å². The third-order valence-electron chi connectivity index (χ3n) is 4.10. The van der Waals surface area contributed by atoms with E-state index in [0.717, 1.165) is 43.7 Å². The Hall–Kier alpha value is -1.55. The maximum Gasteiger partial charge on any atom is 0.241 e. The van der Waals surface area contributed by atoms with Gasteiger partial charge in [-0.3, -0.25) is 4.79 Å². The molecule has 3 rings (SSSR count). The Morgan fingerprint density at radius 2 is 1.85 bits per heavy atom. The summed E-state index contributed by atoms with van der Waals surface area (Å²) >= 11 is 0.